The van der Waals surface area contributed by atoms with Crippen LogP contribution in [0.3, 0.4) is 0 Å². The molecule has 6 heteroatoms. The first kappa shape index (κ1) is 17.4. The van der Waals surface area contributed by atoms with Crippen molar-refractivity contribution in [1.29, 1.82) is 0 Å². The summed E-state index contributed by atoms with van der Waals surface area (Å²) in [7, 11) is 0. The second kappa shape index (κ2) is 6.71. The van der Waals surface area contributed by atoms with Gasteiger partial charge in [0, 0.05) is 31.8 Å². The monoisotopic (exact) mass is 377 g/mol. The quantitative estimate of drug-likeness (QED) is 0.820. The predicted molar refractivity (Wildman–Crippen MR) is 102 cm³/mol. The number of amides is 2. The number of carbonyl (C=O) groups is 2. The Morgan fingerprint density at radius 3 is 2.75 bits per heavy atom. The van der Waals surface area contributed by atoms with Crippen LogP contribution in [0.4, 0.5) is 0 Å². The van der Waals surface area contributed by atoms with Gasteiger partial charge in [0.05, 0.1) is 25.1 Å². The molecule has 3 aliphatic rings. The highest BCUT2D eigenvalue weighted by Crippen LogP contribution is 2.51. The van der Waals surface area contributed by atoms with Crippen molar-refractivity contribution in [2.45, 2.75) is 43.5 Å². The number of benzene rings is 1. The number of pyridine rings is 1. The van der Waals surface area contributed by atoms with Crippen molar-refractivity contribution in [3.05, 3.63) is 66.0 Å². The predicted octanol–water partition coefficient (Wildman–Crippen LogP) is 2.32. The lowest BCUT2D eigenvalue weighted by molar-refractivity contribution is -0.141. The molecule has 3 saturated heterocycles. The van der Waals surface area contributed by atoms with Gasteiger partial charge in [0.2, 0.25) is 11.8 Å². The number of rotatable bonds is 4. The Balaban J connectivity index is 1.33. The normalized spacial score (nSPS) is 28.5. The Hall–Kier alpha value is -2.73. The number of nitrogens with zero attached hydrogens (tertiary/aromatic N) is 3. The largest absolute Gasteiger partial charge is 0.351 e. The first-order valence-electron chi connectivity index (χ1n) is 9.88. The minimum Gasteiger partial charge on any atom is -0.351 e. The summed E-state index contributed by atoms with van der Waals surface area (Å²) in [5.74, 6) is 0.183. The summed E-state index contributed by atoms with van der Waals surface area (Å²) in [5, 5.41) is 0. The number of hydrogen-bond acceptors (Lipinski definition) is 4. The van der Waals surface area contributed by atoms with Gasteiger partial charge in [0.1, 0.15) is 0 Å². The third-order valence-electron chi connectivity index (χ3n) is 6.34. The van der Waals surface area contributed by atoms with Crippen LogP contribution in [-0.2, 0) is 20.7 Å². The molecule has 1 spiro atoms. The maximum atomic E-state index is 12.9. The lowest BCUT2D eigenvalue weighted by Crippen LogP contribution is -2.49. The van der Waals surface area contributed by atoms with Gasteiger partial charge in [-0.2, -0.15) is 0 Å². The van der Waals surface area contributed by atoms with Crippen molar-refractivity contribution >= 4 is 11.8 Å². The minimum absolute atomic E-state index is 0.0643. The molecule has 0 aliphatic carbocycles. The van der Waals surface area contributed by atoms with Crippen LogP contribution in [-0.4, -0.2) is 51.5 Å². The highest BCUT2D eigenvalue weighted by molar-refractivity contribution is 5.85. The van der Waals surface area contributed by atoms with E-state index in [2.05, 4.69) is 4.98 Å². The van der Waals surface area contributed by atoms with Crippen molar-refractivity contribution in [2.75, 3.05) is 13.2 Å². The zero-order chi connectivity index (χ0) is 19.1. The van der Waals surface area contributed by atoms with E-state index in [1.54, 1.807) is 12.4 Å². The summed E-state index contributed by atoms with van der Waals surface area (Å²) >= 11 is 0. The second-order valence-electron chi connectivity index (χ2n) is 7.76. The van der Waals surface area contributed by atoms with E-state index >= 15 is 0 Å². The SMILES string of the molecule is O=C(CCc1ccncc1)N1CC[C@@]23OC[C@@H](c4ccccc4)N2C(=O)C[C@@H]13. The lowest BCUT2D eigenvalue weighted by atomic mass is 10.0. The van der Waals surface area contributed by atoms with E-state index in [9.17, 15) is 9.59 Å². The first-order valence-corrected chi connectivity index (χ1v) is 9.88. The summed E-state index contributed by atoms with van der Waals surface area (Å²) < 4.78 is 6.27. The Morgan fingerprint density at radius 2 is 1.96 bits per heavy atom. The van der Waals surface area contributed by atoms with Crippen LogP contribution in [0.1, 0.15) is 36.4 Å². The maximum absolute atomic E-state index is 12.9. The molecular formula is C22H23N3O3. The zero-order valence-electron chi connectivity index (χ0n) is 15.7. The van der Waals surface area contributed by atoms with Crippen LogP contribution in [0, 0.1) is 0 Å². The summed E-state index contributed by atoms with van der Waals surface area (Å²) in [6.45, 7) is 1.14. The van der Waals surface area contributed by atoms with Crippen molar-refractivity contribution in [1.82, 2.24) is 14.8 Å². The molecule has 2 amide bonds. The molecule has 0 N–H and O–H groups in total. The van der Waals surface area contributed by atoms with Crippen LogP contribution < -0.4 is 0 Å². The molecule has 1 aromatic heterocycles. The Kier molecular flexibility index (Phi) is 4.16. The van der Waals surface area contributed by atoms with Gasteiger partial charge in [0.15, 0.2) is 5.72 Å². The fourth-order valence-corrected chi connectivity index (χ4v) is 5.01. The standard InChI is InChI=1S/C22H23N3O3/c26-20(7-6-16-8-11-23-12-9-16)24-13-10-22-19(24)14-21(27)25(22)18(15-28-22)17-4-2-1-3-5-17/h1-5,8-9,11-12,18-19H,6-7,10,13-15H2/t18-,19+,22-/m0/s1. The van der Waals surface area contributed by atoms with Gasteiger partial charge in [0.25, 0.3) is 0 Å². The van der Waals surface area contributed by atoms with E-state index in [4.69, 9.17) is 4.74 Å². The number of carbonyl (C=O) groups excluding carboxylic acids is 2. The van der Waals surface area contributed by atoms with Gasteiger partial charge < -0.3 is 14.5 Å². The number of likely N-dealkylation sites (tertiary alicyclic amines) is 1. The number of hydrogen-bond donors (Lipinski definition) is 0. The van der Waals surface area contributed by atoms with Crippen LogP contribution >= 0.6 is 0 Å². The molecule has 5 rings (SSSR count). The van der Waals surface area contributed by atoms with E-state index in [0.717, 1.165) is 11.1 Å². The molecule has 144 valence electrons. The molecule has 1 aromatic carbocycles. The van der Waals surface area contributed by atoms with Crippen molar-refractivity contribution in [3.8, 4) is 0 Å². The van der Waals surface area contributed by atoms with Crippen LogP contribution in [0.2, 0.25) is 0 Å². The molecule has 28 heavy (non-hydrogen) atoms. The highest BCUT2D eigenvalue weighted by atomic mass is 16.5. The molecule has 3 aliphatic heterocycles. The summed E-state index contributed by atoms with van der Waals surface area (Å²) in [6, 6.07) is 13.7. The number of aromatic nitrogens is 1. The number of aryl methyl sites for hydroxylation is 1. The Morgan fingerprint density at radius 1 is 1.18 bits per heavy atom. The van der Waals surface area contributed by atoms with Crippen molar-refractivity contribution in [3.63, 3.8) is 0 Å². The molecule has 0 bridgehead atoms. The van der Waals surface area contributed by atoms with E-state index in [1.807, 2.05) is 52.3 Å². The van der Waals surface area contributed by atoms with Gasteiger partial charge >= 0.3 is 0 Å². The smallest absolute Gasteiger partial charge is 0.227 e. The Bertz CT molecular complexity index is 888. The molecule has 6 nitrogen and oxygen atoms in total. The molecule has 2 aromatic rings. The van der Waals surface area contributed by atoms with E-state index < -0.39 is 5.72 Å². The fourth-order valence-electron chi connectivity index (χ4n) is 5.01. The van der Waals surface area contributed by atoms with Gasteiger partial charge in [-0.15, -0.1) is 0 Å². The van der Waals surface area contributed by atoms with Crippen LogP contribution in [0.25, 0.3) is 0 Å². The highest BCUT2D eigenvalue weighted by Gasteiger charge is 2.65. The van der Waals surface area contributed by atoms with Gasteiger partial charge in [-0.1, -0.05) is 30.3 Å². The Labute approximate surface area is 164 Å². The molecule has 3 fully saturated rings. The second-order valence-corrected chi connectivity index (χ2v) is 7.76. The summed E-state index contributed by atoms with van der Waals surface area (Å²) in [4.78, 5) is 33.6. The average molecular weight is 377 g/mol. The average Bonchev–Trinajstić information content (AvgIpc) is 3.36. The summed E-state index contributed by atoms with van der Waals surface area (Å²) in [6.07, 6.45) is 5.65. The van der Waals surface area contributed by atoms with E-state index in [1.165, 1.54) is 0 Å². The number of ether oxygens (including phenoxy) is 1. The van der Waals surface area contributed by atoms with E-state index in [0.29, 0.717) is 38.8 Å². The molecule has 4 heterocycles. The maximum Gasteiger partial charge on any atom is 0.227 e. The van der Waals surface area contributed by atoms with Gasteiger partial charge in [-0.25, -0.2) is 0 Å². The van der Waals surface area contributed by atoms with Crippen LogP contribution in [0.5, 0.6) is 0 Å². The van der Waals surface area contributed by atoms with Crippen LogP contribution in [0.15, 0.2) is 54.9 Å². The fraction of sp³-hybridized carbons (Fsp3) is 0.409. The van der Waals surface area contributed by atoms with Gasteiger partial charge in [-0.05, 0) is 29.7 Å². The molecular weight excluding hydrogens is 354 g/mol. The molecule has 0 saturated carbocycles. The molecule has 3 atom stereocenters. The zero-order valence-corrected chi connectivity index (χ0v) is 15.7. The molecule has 0 radical (unpaired) electrons. The summed E-state index contributed by atoms with van der Waals surface area (Å²) in [5.41, 5.74) is 1.54. The topological polar surface area (TPSA) is 62.7 Å². The van der Waals surface area contributed by atoms with E-state index in [-0.39, 0.29) is 23.9 Å². The van der Waals surface area contributed by atoms with Gasteiger partial charge in [-0.3, -0.25) is 14.6 Å². The minimum atomic E-state index is -0.649. The first-order chi connectivity index (χ1) is 13.7. The van der Waals surface area contributed by atoms with Crippen molar-refractivity contribution < 1.29 is 14.3 Å². The molecule has 0 unspecified atom stereocenters. The third-order valence-corrected chi connectivity index (χ3v) is 6.34. The third kappa shape index (κ3) is 2.63. The lowest BCUT2D eigenvalue weighted by Gasteiger charge is -2.33. The van der Waals surface area contributed by atoms with Crippen molar-refractivity contribution in [2.24, 2.45) is 0 Å².